The molecular formula is C20H36O5. The van der Waals surface area contributed by atoms with Gasteiger partial charge < -0.3 is 14.6 Å². The Morgan fingerprint density at radius 3 is 2.28 bits per heavy atom. The van der Waals surface area contributed by atoms with Gasteiger partial charge in [0.15, 0.2) is 0 Å². The molecule has 0 heterocycles. The lowest BCUT2D eigenvalue weighted by molar-refractivity contribution is -0.156. The van der Waals surface area contributed by atoms with Crippen LogP contribution in [0.3, 0.4) is 0 Å². The zero-order chi connectivity index (χ0) is 18.5. The van der Waals surface area contributed by atoms with Crippen LogP contribution in [0.2, 0.25) is 0 Å². The van der Waals surface area contributed by atoms with Crippen LogP contribution in [0, 0.1) is 17.8 Å². The Morgan fingerprint density at radius 2 is 1.68 bits per heavy atom. The Morgan fingerprint density at radius 1 is 1.00 bits per heavy atom. The van der Waals surface area contributed by atoms with Gasteiger partial charge >= 0.3 is 11.9 Å². The molecule has 0 aromatic carbocycles. The van der Waals surface area contributed by atoms with E-state index in [0.29, 0.717) is 18.9 Å². The molecule has 1 saturated carbocycles. The highest BCUT2D eigenvalue weighted by Gasteiger charge is 2.33. The highest BCUT2D eigenvalue weighted by Crippen LogP contribution is 2.31. The molecule has 0 amide bonds. The Hall–Kier alpha value is -1.10. The minimum atomic E-state index is -0.296. The lowest BCUT2D eigenvalue weighted by atomic mass is 9.81. The topological polar surface area (TPSA) is 72.8 Å². The second-order valence-electron chi connectivity index (χ2n) is 7.23. The first-order valence-electron chi connectivity index (χ1n) is 10.1. The first kappa shape index (κ1) is 21.9. The molecule has 1 aliphatic carbocycles. The third kappa shape index (κ3) is 8.70. The zero-order valence-electron chi connectivity index (χ0n) is 16.0. The van der Waals surface area contributed by atoms with E-state index in [1.807, 2.05) is 0 Å². The number of aliphatic hydroxyl groups is 1. The standard InChI is InChI=1S/C20H36O5/c1-3-5-6-9-16(8-4-2)15-25-20(23)18-11-7-10-17(14-18)19(22)24-13-12-21/h16-18,21H,3-15H2,1-2H3. The summed E-state index contributed by atoms with van der Waals surface area (Å²) in [6, 6.07) is 0. The summed E-state index contributed by atoms with van der Waals surface area (Å²) in [5.74, 6) is -0.437. The minimum Gasteiger partial charge on any atom is -0.465 e. The predicted octanol–water partition coefficient (Wildman–Crippen LogP) is 3.87. The fraction of sp³-hybridized carbons (Fsp3) is 0.900. The van der Waals surface area contributed by atoms with E-state index in [9.17, 15) is 9.59 Å². The van der Waals surface area contributed by atoms with E-state index in [1.165, 1.54) is 19.3 Å². The number of carbonyl (C=O) groups is 2. The molecular weight excluding hydrogens is 320 g/mol. The number of aliphatic hydroxyl groups excluding tert-OH is 1. The third-order valence-corrected chi connectivity index (χ3v) is 5.05. The van der Waals surface area contributed by atoms with Gasteiger partial charge in [0, 0.05) is 0 Å². The summed E-state index contributed by atoms with van der Waals surface area (Å²) in [5.41, 5.74) is 0. The third-order valence-electron chi connectivity index (χ3n) is 5.05. The number of rotatable bonds is 12. The molecule has 0 saturated heterocycles. The Labute approximate surface area is 152 Å². The van der Waals surface area contributed by atoms with Crippen LogP contribution in [0.25, 0.3) is 0 Å². The van der Waals surface area contributed by atoms with Crippen LogP contribution < -0.4 is 0 Å². The molecule has 1 aliphatic rings. The van der Waals surface area contributed by atoms with Crippen molar-refractivity contribution in [2.75, 3.05) is 19.8 Å². The smallest absolute Gasteiger partial charge is 0.309 e. The molecule has 25 heavy (non-hydrogen) atoms. The highest BCUT2D eigenvalue weighted by atomic mass is 16.5. The number of esters is 2. The van der Waals surface area contributed by atoms with Crippen molar-refractivity contribution in [2.24, 2.45) is 17.8 Å². The quantitative estimate of drug-likeness (QED) is 0.424. The lowest BCUT2D eigenvalue weighted by Gasteiger charge is -2.27. The van der Waals surface area contributed by atoms with Crippen molar-refractivity contribution in [2.45, 2.75) is 78.1 Å². The van der Waals surface area contributed by atoms with Gasteiger partial charge in [-0.15, -0.1) is 0 Å². The summed E-state index contributed by atoms with van der Waals surface area (Å²) in [6.45, 7) is 4.73. The van der Waals surface area contributed by atoms with Gasteiger partial charge in [-0.2, -0.15) is 0 Å². The van der Waals surface area contributed by atoms with Crippen molar-refractivity contribution in [3.05, 3.63) is 0 Å². The molecule has 5 nitrogen and oxygen atoms in total. The molecule has 0 aliphatic heterocycles. The molecule has 1 N–H and O–H groups in total. The van der Waals surface area contributed by atoms with Gasteiger partial charge in [0.05, 0.1) is 25.0 Å². The minimum absolute atomic E-state index is 0.0287. The van der Waals surface area contributed by atoms with Crippen LogP contribution >= 0.6 is 0 Å². The first-order valence-corrected chi connectivity index (χ1v) is 10.1. The number of unbranched alkanes of at least 4 members (excludes halogenated alkanes) is 2. The van der Waals surface area contributed by atoms with Crippen LogP contribution in [0.4, 0.5) is 0 Å². The van der Waals surface area contributed by atoms with Crippen molar-refractivity contribution in [3.63, 3.8) is 0 Å². The van der Waals surface area contributed by atoms with Crippen molar-refractivity contribution < 1.29 is 24.2 Å². The number of carbonyl (C=O) groups excluding carboxylic acids is 2. The van der Waals surface area contributed by atoms with Gasteiger partial charge in [-0.25, -0.2) is 0 Å². The monoisotopic (exact) mass is 356 g/mol. The van der Waals surface area contributed by atoms with Gasteiger partial charge in [-0.3, -0.25) is 9.59 Å². The maximum atomic E-state index is 12.4. The van der Waals surface area contributed by atoms with Gasteiger partial charge in [0.2, 0.25) is 0 Å². The number of ether oxygens (including phenoxy) is 2. The molecule has 3 unspecified atom stereocenters. The van der Waals surface area contributed by atoms with Gasteiger partial charge in [-0.05, 0) is 38.0 Å². The average molecular weight is 357 g/mol. The lowest BCUT2D eigenvalue weighted by Crippen LogP contribution is -2.31. The van der Waals surface area contributed by atoms with E-state index in [2.05, 4.69) is 13.8 Å². The second-order valence-corrected chi connectivity index (χ2v) is 7.23. The maximum absolute atomic E-state index is 12.4. The van der Waals surface area contributed by atoms with E-state index in [1.54, 1.807) is 0 Å². The van der Waals surface area contributed by atoms with Crippen LogP contribution in [-0.2, 0) is 19.1 Å². The molecule has 1 rings (SSSR count). The molecule has 3 atom stereocenters. The Bertz CT molecular complexity index is 382. The fourth-order valence-electron chi connectivity index (χ4n) is 3.60. The molecule has 5 heteroatoms. The first-order chi connectivity index (χ1) is 12.1. The molecule has 146 valence electrons. The summed E-state index contributed by atoms with van der Waals surface area (Å²) < 4.78 is 10.6. The molecule has 1 fully saturated rings. The maximum Gasteiger partial charge on any atom is 0.309 e. The van der Waals surface area contributed by atoms with E-state index >= 15 is 0 Å². The largest absolute Gasteiger partial charge is 0.465 e. The number of hydrogen-bond acceptors (Lipinski definition) is 5. The molecule has 0 spiro atoms. The van der Waals surface area contributed by atoms with Crippen molar-refractivity contribution in [1.29, 1.82) is 0 Å². The summed E-state index contributed by atoms with van der Waals surface area (Å²) >= 11 is 0. The van der Waals surface area contributed by atoms with Crippen molar-refractivity contribution in [3.8, 4) is 0 Å². The van der Waals surface area contributed by atoms with E-state index in [4.69, 9.17) is 14.6 Å². The van der Waals surface area contributed by atoms with Gasteiger partial charge in [0.25, 0.3) is 0 Å². The predicted molar refractivity (Wildman–Crippen MR) is 97.0 cm³/mol. The molecule has 0 aromatic heterocycles. The van der Waals surface area contributed by atoms with Gasteiger partial charge in [-0.1, -0.05) is 46.0 Å². The summed E-state index contributed by atoms with van der Waals surface area (Å²) in [4.78, 5) is 24.3. The SMILES string of the molecule is CCCCCC(CCC)COC(=O)C1CCCC(C(=O)OCCO)C1. The fourth-order valence-corrected chi connectivity index (χ4v) is 3.60. The van der Waals surface area contributed by atoms with Crippen LogP contribution in [0.15, 0.2) is 0 Å². The molecule has 0 aromatic rings. The van der Waals surface area contributed by atoms with E-state index in [0.717, 1.165) is 38.5 Å². The van der Waals surface area contributed by atoms with E-state index < -0.39 is 0 Å². The second kappa shape index (κ2) is 13.2. The highest BCUT2D eigenvalue weighted by molar-refractivity contribution is 5.76. The number of hydrogen-bond donors (Lipinski definition) is 1. The summed E-state index contributed by atoms with van der Waals surface area (Å²) in [5, 5.41) is 8.75. The average Bonchev–Trinajstić information content (AvgIpc) is 2.64. The summed E-state index contributed by atoms with van der Waals surface area (Å²) in [6.07, 6.45) is 9.85. The van der Waals surface area contributed by atoms with Crippen molar-refractivity contribution in [1.82, 2.24) is 0 Å². The molecule has 0 bridgehead atoms. The van der Waals surface area contributed by atoms with Crippen LogP contribution in [-0.4, -0.2) is 36.9 Å². The normalized spacial score (nSPS) is 21.6. The van der Waals surface area contributed by atoms with E-state index in [-0.39, 0.29) is 37.0 Å². The summed E-state index contributed by atoms with van der Waals surface area (Å²) in [7, 11) is 0. The zero-order valence-corrected chi connectivity index (χ0v) is 16.0. The van der Waals surface area contributed by atoms with Crippen LogP contribution in [0.1, 0.15) is 78.1 Å². The van der Waals surface area contributed by atoms with Crippen molar-refractivity contribution >= 4 is 11.9 Å². The van der Waals surface area contributed by atoms with Crippen LogP contribution in [0.5, 0.6) is 0 Å². The molecule has 0 radical (unpaired) electrons. The Balaban J connectivity index is 2.39. The van der Waals surface area contributed by atoms with Gasteiger partial charge in [0.1, 0.15) is 6.61 Å². The Kier molecular flexibility index (Phi) is 11.5.